The van der Waals surface area contributed by atoms with E-state index >= 15 is 0 Å². The highest BCUT2D eigenvalue weighted by molar-refractivity contribution is 7.47. The smallest absolute Gasteiger partial charge is 0.462 e. The summed E-state index contributed by atoms with van der Waals surface area (Å²) in [6.07, 6.45) is 22.7. The first kappa shape index (κ1) is 54.6. The van der Waals surface area contributed by atoms with Crippen molar-refractivity contribution >= 4 is 19.8 Å². The molecule has 0 aromatic heterocycles. The van der Waals surface area contributed by atoms with Crippen LogP contribution in [0.5, 0.6) is 0 Å². The highest BCUT2D eigenvalue weighted by atomic mass is 31.2. The predicted octanol–water partition coefficient (Wildman–Crippen LogP) is 8.67. The molecular weight excluding hydrogens is 767 g/mol. The van der Waals surface area contributed by atoms with Gasteiger partial charge in [-0.2, -0.15) is 0 Å². The maximum absolute atomic E-state index is 12.8. The summed E-state index contributed by atoms with van der Waals surface area (Å²) in [4.78, 5) is 35.6. The summed E-state index contributed by atoms with van der Waals surface area (Å²) < 4.78 is 33.5. The molecule has 0 saturated heterocycles. The van der Waals surface area contributed by atoms with Gasteiger partial charge in [-0.1, -0.05) is 161 Å². The minimum atomic E-state index is -5.11. The summed E-state index contributed by atoms with van der Waals surface area (Å²) >= 11 is 0. The molecule has 1 aliphatic rings. The van der Waals surface area contributed by atoms with Gasteiger partial charge in [0.25, 0.3) is 0 Å². The Hall–Kier alpha value is -1.41. The van der Waals surface area contributed by atoms with Crippen LogP contribution in [0.2, 0.25) is 0 Å². The first-order valence-electron chi connectivity index (χ1n) is 23.0. The number of rotatable bonds is 38. The summed E-state index contributed by atoms with van der Waals surface area (Å²) in [5, 5.41) is 50.1. The Labute approximate surface area is 350 Å². The minimum Gasteiger partial charge on any atom is -0.462 e. The molecule has 6 N–H and O–H groups in total. The van der Waals surface area contributed by atoms with Gasteiger partial charge in [-0.05, 0) is 38.5 Å². The van der Waals surface area contributed by atoms with E-state index in [-0.39, 0.29) is 12.8 Å². The van der Waals surface area contributed by atoms with Crippen molar-refractivity contribution in [1.82, 2.24) is 0 Å². The van der Waals surface area contributed by atoms with Crippen LogP contribution in [0.1, 0.15) is 200 Å². The molecule has 0 aromatic rings. The maximum atomic E-state index is 12.8. The molecule has 13 nitrogen and oxygen atoms in total. The van der Waals surface area contributed by atoms with Crippen molar-refractivity contribution in [3.8, 4) is 0 Å². The van der Waals surface area contributed by atoms with E-state index in [4.69, 9.17) is 18.5 Å². The number of allylic oxidation sites excluding steroid dienone is 2. The number of hydrogen-bond acceptors (Lipinski definition) is 12. The van der Waals surface area contributed by atoms with Crippen LogP contribution in [0.3, 0.4) is 0 Å². The second-order valence-electron chi connectivity index (χ2n) is 16.3. The first-order chi connectivity index (χ1) is 27.9. The van der Waals surface area contributed by atoms with Gasteiger partial charge in [-0.15, -0.1) is 0 Å². The third-order valence-electron chi connectivity index (χ3n) is 10.9. The molecule has 0 aromatic carbocycles. The average Bonchev–Trinajstić information content (AvgIpc) is 3.20. The Bertz CT molecular complexity index is 1080. The van der Waals surface area contributed by atoms with Crippen LogP contribution >= 0.6 is 7.82 Å². The lowest BCUT2D eigenvalue weighted by Gasteiger charge is -2.41. The molecule has 1 saturated carbocycles. The molecule has 14 heteroatoms. The molecule has 0 spiro atoms. The molecule has 8 atom stereocenters. The zero-order valence-electron chi connectivity index (χ0n) is 36.1. The fraction of sp³-hybridized carbons (Fsp3) is 0.909. The molecule has 1 rings (SSSR count). The molecule has 58 heavy (non-hydrogen) atoms. The van der Waals surface area contributed by atoms with Gasteiger partial charge in [-0.25, -0.2) is 4.57 Å². The van der Waals surface area contributed by atoms with Crippen molar-refractivity contribution in [3.63, 3.8) is 0 Å². The van der Waals surface area contributed by atoms with Crippen LogP contribution in [-0.2, 0) is 32.7 Å². The van der Waals surface area contributed by atoms with Gasteiger partial charge in [0, 0.05) is 12.8 Å². The summed E-state index contributed by atoms with van der Waals surface area (Å²) in [6, 6.07) is 0. The number of hydrogen-bond donors (Lipinski definition) is 6. The Morgan fingerprint density at radius 2 is 0.879 bits per heavy atom. The van der Waals surface area contributed by atoms with Crippen molar-refractivity contribution in [3.05, 3.63) is 12.2 Å². The van der Waals surface area contributed by atoms with Crippen molar-refractivity contribution in [2.75, 3.05) is 13.2 Å². The van der Waals surface area contributed by atoms with Gasteiger partial charge in [0.05, 0.1) is 6.61 Å². The number of ether oxygens (including phenoxy) is 2. The Morgan fingerprint density at radius 1 is 0.517 bits per heavy atom. The normalized spacial score (nSPS) is 22.6. The van der Waals surface area contributed by atoms with Crippen molar-refractivity contribution in [1.29, 1.82) is 0 Å². The van der Waals surface area contributed by atoms with E-state index in [2.05, 4.69) is 26.0 Å². The molecule has 0 amide bonds. The SMILES string of the molecule is CCCCC/C=C\CCCCCCCC(=O)O[C@H](COC(=O)CCCCCCCCCCCCCCCCCCC)COP(=O)(O)OC1C(O)C(O)C(O)[C@@H](O)C1O. The quantitative estimate of drug-likeness (QED) is 0.0149. The zero-order valence-corrected chi connectivity index (χ0v) is 37.0. The van der Waals surface area contributed by atoms with E-state index in [0.29, 0.717) is 12.8 Å². The van der Waals surface area contributed by atoms with Crippen molar-refractivity contribution in [2.45, 2.75) is 243 Å². The molecule has 0 aliphatic heterocycles. The molecule has 1 fully saturated rings. The van der Waals surface area contributed by atoms with E-state index in [9.17, 15) is 44.6 Å². The lowest BCUT2D eigenvalue weighted by atomic mass is 9.85. The van der Waals surface area contributed by atoms with Crippen molar-refractivity contribution < 1.29 is 63.1 Å². The van der Waals surface area contributed by atoms with Crippen LogP contribution in [0, 0.1) is 0 Å². The Morgan fingerprint density at radius 3 is 1.34 bits per heavy atom. The summed E-state index contributed by atoms with van der Waals surface area (Å²) in [7, 11) is -5.11. The standard InChI is InChI=1S/C44H83O13P/c1-3-5-7-9-11-13-15-17-18-19-20-21-23-24-26-28-30-32-37(45)54-34-36(56-38(46)33-31-29-27-25-22-16-14-12-10-8-6-4-2)35-55-58(52,53)57-44-42(50)40(48)39(47)41(49)43(44)51/h12,14,36,39-44,47-51H,3-11,13,15-35H2,1-2H3,(H,52,53)/b14-12-/t36-,39?,40-,41?,42?,43?,44?/m1/s1. The fourth-order valence-corrected chi connectivity index (χ4v) is 8.08. The Kier molecular flexibility index (Phi) is 33.2. The minimum absolute atomic E-state index is 0.0902. The van der Waals surface area contributed by atoms with Gasteiger partial charge in [0.2, 0.25) is 0 Å². The first-order valence-corrected chi connectivity index (χ1v) is 24.5. The number of aliphatic hydroxyl groups is 5. The molecule has 342 valence electrons. The lowest BCUT2D eigenvalue weighted by molar-refractivity contribution is -0.220. The number of esters is 2. The van der Waals surface area contributed by atoms with Gasteiger partial charge >= 0.3 is 19.8 Å². The fourth-order valence-electron chi connectivity index (χ4n) is 7.11. The molecule has 0 heterocycles. The van der Waals surface area contributed by atoms with Crippen LogP contribution in [0.25, 0.3) is 0 Å². The van der Waals surface area contributed by atoms with Gasteiger partial charge in [0.1, 0.15) is 43.2 Å². The van der Waals surface area contributed by atoms with E-state index in [0.717, 1.165) is 57.8 Å². The van der Waals surface area contributed by atoms with Gasteiger partial charge in [-0.3, -0.25) is 18.6 Å². The van der Waals surface area contributed by atoms with Crippen LogP contribution in [0.15, 0.2) is 12.2 Å². The number of phosphoric ester groups is 1. The summed E-state index contributed by atoms with van der Waals surface area (Å²) in [5.41, 5.74) is 0. The topological polar surface area (TPSA) is 210 Å². The number of phosphoric acid groups is 1. The van der Waals surface area contributed by atoms with Gasteiger partial charge < -0.3 is 39.9 Å². The largest absolute Gasteiger partial charge is 0.472 e. The van der Waals surface area contributed by atoms with E-state index < -0.39 is 75.7 Å². The molecule has 0 bridgehead atoms. The molecule has 6 unspecified atom stereocenters. The lowest BCUT2D eigenvalue weighted by Crippen LogP contribution is -2.64. The average molecular weight is 851 g/mol. The Balaban J connectivity index is 2.43. The van der Waals surface area contributed by atoms with Crippen LogP contribution in [0.4, 0.5) is 0 Å². The van der Waals surface area contributed by atoms with E-state index in [1.54, 1.807) is 0 Å². The zero-order chi connectivity index (χ0) is 42.9. The van der Waals surface area contributed by atoms with Gasteiger partial charge in [0.15, 0.2) is 6.10 Å². The number of carbonyl (C=O) groups is 2. The summed E-state index contributed by atoms with van der Waals surface area (Å²) in [5.74, 6) is -1.10. The number of carbonyl (C=O) groups excluding carboxylic acids is 2. The second-order valence-corrected chi connectivity index (χ2v) is 17.7. The third kappa shape index (κ3) is 27.4. The second kappa shape index (κ2) is 35.2. The van der Waals surface area contributed by atoms with E-state index in [1.807, 2.05) is 0 Å². The van der Waals surface area contributed by atoms with E-state index in [1.165, 1.54) is 103 Å². The predicted molar refractivity (Wildman–Crippen MR) is 226 cm³/mol. The van der Waals surface area contributed by atoms with Crippen LogP contribution < -0.4 is 0 Å². The number of unbranched alkanes of at least 4 members (excludes halogenated alkanes) is 24. The van der Waals surface area contributed by atoms with Crippen LogP contribution in [-0.4, -0.2) is 98.3 Å². The highest BCUT2D eigenvalue weighted by Crippen LogP contribution is 2.47. The highest BCUT2D eigenvalue weighted by Gasteiger charge is 2.51. The summed E-state index contributed by atoms with van der Waals surface area (Å²) in [6.45, 7) is 3.27. The molecular formula is C44H83O13P. The maximum Gasteiger partial charge on any atom is 0.472 e. The molecule has 0 radical (unpaired) electrons. The third-order valence-corrected chi connectivity index (χ3v) is 11.8. The van der Waals surface area contributed by atoms with Crippen molar-refractivity contribution in [2.24, 2.45) is 0 Å². The monoisotopic (exact) mass is 851 g/mol. The number of aliphatic hydroxyl groups excluding tert-OH is 5. The molecule has 1 aliphatic carbocycles.